The summed E-state index contributed by atoms with van der Waals surface area (Å²) in [5, 5.41) is 3.62. The monoisotopic (exact) mass is 254 g/mol. The maximum Gasteiger partial charge on any atom is 0.0117 e. The highest BCUT2D eigenvalue weighted by atomic mass is 15.1. The van der Waals surface area contributed by atoms with Crippen molar-refractivity contribution >= 4 is 0 Å². The Morgan fingerprint density at radius 2 is 1.78 bits per heavy atom. The lowest BCUT2D eigenvalue weighted by atomic mass is 9.93. The summed E-state index contributed by atoms with van der Waals surface area (Å²) in [5.41, 5.74) is 0. The van der Waals surface area contributed by atoms with Crippen LogP contribution in [0.15, 0.2) is 0 Å². The Morgan fingerprint density at radius 1 is 1.06 bits per heavy atom. The minimum Gasteiger partial charge on any atom is -0.314 e. The average Bonchev–Trinajstić information content (AvgIpc) is 2.37. The predicted molar refractivity (Wildman–Crippen MR) is 81.1 cm³/mol. The fourth-order valence-electron chi connectivity index (χ4n) is 3.12. The number of rotatable bonds is 9. The molecular weight excluding hydrogens is 220 g/mol. The van der Waals surface area contributed by atoms with Gasteiger partial charge in [-0.2, -0.15) is 0 Å². The molecule has 0 aromatic carbocycles. The van der Waals surface area contributed by atoms with Crippen LogP contribution in [0.2, 0.25) is 0 Å². The Kier molecular flexibility index (Phi) is 8.70. The Morgan fingerprint density at radius 3 is 2.44 bits per heavy atom. The first-order valence-electron chi connectivity index (χ1n) is 8.23. The van der Waals surface area contributed by atoms with Gasteiger partial charge in [0.25, 0.3) is 0 Å². The lowest BCUT2D eigenvalue weighted by Gasteiger charge is -2.37. The van der Waals surface area contributed by atoms with Gasteiger partial charge >= 0.3 is 0 Å². The molecule has 0 aromatic rings. The number of likely N-dealkylation sites (tertiary alicyclic amines) is 1. The summed E-state index contributed by atoms with van der Waals surface area (Å²) in [6.07, 6.45) is 9.84. The minimum atomic E-state index is 0.760. The third-order valence-corrected chi connectivity index (χ3v) is 4.28. The van der Waals surface area contributed by atoms with Crippen molar-refractivity contribution in [2.24, 2.45) is 5.92 Å². The Labute approximate surface area is 115 Å². The summed E-state index contributed by atoms with van der Waals surface area (Å²) in [6.45, 7) is 12.0. The van der Waals surface area contributed by atoms with Crippen LogP contribution in [0.4, 0.5) is 0 Å². The van der Waals surface area contributed by atoms with E-state index >= 15 is 0 Å². The summed E-state index contributed by atoms with van der Waals surface area (Å²) in [6, 6.07) is 0.760. The molecule has 0 radical (unpaired) electrons. The van der Waals surface area contributed by atoms with Crippen molar-refractivity contribution in [1.82, 2.24) is 10.2 Å². The molecule has 0 spiro atoms. The molecule has 1 aliphatic rings. The number of nitrogens with one attached hydrogen (secondary N) is 1. The molecule has 2 nitrogen and oxygen atoms in total. The normalized spacial score (nSPS) is 25.5. The molecular formula is C16H34N2. The van der Waals surface area contributed by atoms with Crippen molar-refractivity contribution in [2.45, 2.75) is 71.8 Å². The van der Waals surface area contributed by atoms with Gasteiger partial charge in [0.15, 0.2) is 0 Å². The second-order valence-electron chi connectivity index (χ2n) is 6.00. The Bertz CT molecular complexity index is 194. The smallest absolute Gasteiger partial charge is 0.0117 e. The molecule has 2 unspecified atom stereocenters. The molecule has 2 heteroatoms. The van der Waals surface area contributed by atoms with Gasteiger partial charge < -0.3 is 10.2 Å². The van der Waals surface area contributed by atoms with Crippen LogP contribution < -0.4 is 5.32 Å². The number of unbranched alkanes of at least 4 members (excludes halogenated alkanes) is 5. The van der Waals surface area contributed by atoms with Crippen molar-refractivity contribution in [3.63, 3.8) is 0 Å². The SMILES string of the molecule is CCCCCCCCN1CCC(NCC)C(C)C1. The van der Waals surface area contributed by atoms with Crippen LogP contribution in [0.1, 0.15) is 65.7 Å². The number of hydrogen-bond donors (Lipinski definition) is 1. The molecule has 1 fully saturated rings. The fraction of sp³-hybridized carbons (Fsp3) is 1.00. The molecule has 1 aliphatic heterocycles. The highest BCUT2D eigenvalue weighted by Crippen LogP contribution is 2.17. The molecule has 108 valence electrons. The van der Waals surface area contributed by atoms with E-state index in [0.717, 1.165) is 18.5 Å². The van der Waals surface area contributed by atoms with Gasteiger partial charge in [-0.05, 0) is 38.4 Å². The first-order chi connectivity index (χ1) is 8.77. The second-order valence-corrected chi connectivity index (χ2v) is 6.00. The number of piperidine rings is 1. The van der Waals surface area contributed by atoms with Crippen LogP contribution in [0.3, 0.4) is 0 Å². The van der Waals surface area contributed by atoms with E-state index in [-0.39, 0.29) is 0 Å². The summed E-state index contributed by atoms with van der Waals surface area (Å²) in [7, 11) is 0. The zero-order valence-corrected chi connectivity index (χ0v) is 12.9. The molecule has 1 saturated heterocycles. The zero-order valence-electron chi connectivity index (χ0n) is 12.9. The highest BCUT2D eigenvalue weighted by molar-refractivity contribution is 4.82. The second kappa shape index (κ2) is 9.80. The van der Waals surface area contributed by atoms with Gasteiger partial charge in [0, 0.05) is 12.6 Å². The molecule has 0 bridgehead atoms. The van der Waals surface area contributed by atoms with E-state index in [1.807, 2.05) is 0 Å². The summed E-state index contributed by atoms with van der Waals surface area (Å²) in [4.78, 5) is 2.68. The van der Waals surface area contributed by atoms with Gasteiger partial charge in [-0.1, -0.05) is 52.9 Å². The van der Waals surface area contributed by atoms with Gasteiger partial charge in [0.1, 0.15) is 0 Å². The molecule has 18 heavy (non-hydrogen) atoms. The Hall–Kier alpha value is -0.0800. The van der Waals surface area contributed by atoms with Crippen molar-refractivity contribution in [3.8, 4) is 0 Å². The quantitative estimate of drug-likeness (QED) is 0.632. The van der Waals surface area contributed by atoms with E-state index < -0.39 is 0 Å². The molecule has 0 aliphatic carbocycles. The first kappa shape index (κ1) is 16.0. The molecule has 1 N–H and O–H groups in total. The van der Waals surface area contributed by atoms with E-state index in [1.165, 1.54) is 64.6 Å². The molecule has 1 rings (SSSR count). The van der Waals surface area contributed by atoms with Gasteiger partial charge in [-0.3, -0.25) is 0 Å². The van der Waals surface area contributed by atoms with Crippen molar-refractivity contribution < 1.29 is 0 Å². The zero-order chi connectivity index (χ0) is 13.2. The van der Waals surface area contributed by atoms with Gasteiger partial charge in [-0.25, -0.2) is 0 Å². The predicted octanol–water partition coefficient (Wildman–Crippen LogP) is 3.67. The standard InChI is InChI=1S/C16H34N2/c1-4-6-7-8-9-10-12-18-13-11-16(17-5-2)15(3)14-18/h15-17H,4-14H2,1-3H3. The average molecular weight is 254 g/mol. The summed E-state index contributed by atoms with van der Waals surface area (Å²) in [5.74, 6) is 0.818. The Balaban J connectivity index is 2.03. The van der Waals surface area contributed by atoms with Crippen LogP contribution in [0.25, 0.3) is 0 Å². The molecule has 0 aromatic heterocycles. The largest absolute Gasteiger partial charge is 0.314 e. The van der Waals surface area contributed by atoms with E-state index in [9.17, 15) is 0 Å². The van der Waals surface area contributed by atoms with Crippen LogP contribution in [0.5, 0.6) is 0 Å². The number of nitrogens with zero attached hydrogens (tertiary/aromatic N) is 1. The number of hydrogen-bond acceptors (Lipinski definition) is 2. The molecule has 0 saturated carbocycles. The molecule has 2 atom stereocenters. The van der Waals surface area contributed by atoms with Crippen LogP contribution >= 0.6 is 0 Å². The lowest BCUT2D eigenvalue weighted by Crippen LogP contribution is -2.48. The van der Waals surface area contributed by atoms with Gasteiger partial charge in [0.05, 0.1) is 0 Å². The molecule has 1 heterocycles. The molecule has 0 amide bonds. The van der Waals surface area contributed by atoms with Gasteiger partial charge in [-0.15, -0.1) is 0 Å². The fourth-order valence-corrected chi connectivity index (χ4v) is 3.12. The topological polar surface area (TPSA) is 15.3 Å². The third kappa shape index (κ3) is 6.19. The third-order valence-electron chi connectivity index (χ3n) is 4.28. The summed E-state index contributed by atoms with van der Waals surface area (Å²) < 4.78 is 0. The van der Waals surface area contributed by atoms with E-state index in [2.05, 4.69) is 31.0 Å². The van der Waals surface area contributed by atoms with Crippen LogP contribution in [-0.2, 0) is 0 Å². The lowest BCUT2D eigenvalue weighted by molar-refractivity contribution is 0.146. The first-order valence-corrected chi connectivity index (χ1v) is 8.23. The van der Waals surface area contributed by atoms with Gasteiger partial charge in [0.2, 0.25) is 0 Å². The van der Waals surface area contributed by atoms with Crippen LogP contribution in [-0.4, -0.2) is 37.1 Å². The maximum absolute atomic E-state index is 3.62. The minimum absolute atomic E-state index is 0.760. The van der Waals surface area contributed by atoms with Crippen molar-refractivity contribution in [3.05, 3.63) is 0 Å². The van der Waals surface area contributed by atoms with E-state index in [0.29, 0.717) is 0 Å². The highest BCUT2D eigenvalue weighted by Gasteiger charge is 2.24. The van der Waals surface area contributed by atoms with Crippen molar-refractivity contribution in [1.29, 1.82) is 0 Å². The van der Waals surface area contributed by atoms with E-state index in [4.69, 9.17) is 0 Å². The maximum atomic E-state index is 3.62. The van der Waals surface area contributed by atoms with Crippen LogP contribution in [0, 0.1) is 5.92 Å². The van der Waals surface area contributed by atoms with E-state index in [1.54, 1.807) is 0 Å². The van der Waals surface area contributed by atoms with Crippen molar-refractivity contribution in [2.75, 3.05) is 26.2 Å². The summed E-state index contributed by atoms with van der Waals surface area (Å²) >= 11 is 0.